The second kappa shape index (κ2) is 6.23. The third-order valence-corrected chi connectivity index (χ3v) is 3.09. The highest BCUT2D eigenvalue weighted by molar-refractivity contribution is 5.86. The van der Waals surface area contributed by atoms with E-state index in [0.29, 0.717) is 12.3 Å². The van der Waals surface area contributed by atoms with Gasteiger partial charge in [0.15, 0.2) is 0 Å². The van der Waals surface area contributed by atoms with Crippen LogP contribution in [-0.4, -0.2) is 27.8 Å². The van der Waals surface area contributed by atoms with E-state index in [4.69, 9.17) is 4.42 Å². The lowest BCUT2D eigenvalue weighted by Gasteiger charge is -2.04. The summed E-state index contributed by atoms with van der Waals surface area (Å²) >= 11 is 0. The number of carbonyl (C=O) groups is 1. The highest BCUT2D eigenvalue weighted by atomic mass is 16.4. The maximum Gasteiger partial charge on any atom is 0.322 e. The van der Waals surface area contributed by atoms with E-state index in [2.05, 4.69) is 25.8 Å². The quantitative estimate of drug-likeness (QED) is 0.729. The normalized spacial score (nSPS) is 10.6. The number of oxazole rings is 1. The first-order chi connectivity index (χ1) is 9.56. The van der Waals surface area contributed by atoms with Crippen molar-refractivity contribution in [1.82, 2.24) is 20.5 Å². The summed E-state index contributed by atoms with van der Waals surface area (Å²) in [4.78, 5) is 15.7. The molecule has 20 heavy (non-hydrogen) atoms. The molecular weight excluding hydrogens is 258 g/mol. The number of aromatic amines is 1. The summed E-state index contributed by atoms with van der Waals surface area (Å²) in [5.41, 5.74) is 3.02. The standard InChI is InChI=1S/C13H19N5O2/c1-8-10(3)20-13(16-8)17-12(19)14-6-4-5-11-7-15-18-9(11)2/h7H,4-6H2,1-3H3,(H,15,18)(H2,14,16,17,19). The molecule has 108 valence electrons. The summed E-state index contributed by atoms with van der Waals surface area (Å²) in [6.45, 7) is 6.19. The van der Waals surface area contributed by atoms with Crippen LogP contribution in [0.25, 0.3) is 0 Å². The number of aryl methyl sites for hydroxylation is 4. The number of nitrogens with one attached hydrogen (secondary N) is 3. The molecule has 0 unspecified atom stereocenters. The van der Waals surface area contributed by atoms with Gasteiger partial charge < -0.3 is 9.73 Å². The van der Waals surface area contributed by atoms with Crippen molar-refractivity contribution in [1.29, 1.82) is 0 Å². The van der Waals surface area contributed by atoms with Crippen molar-refractivity contribution in [3.05, 3.63) is 28.9 Å². The Morgan fingerprint density at radius 2 is 2.20 bits per heavy atom. The topological polar surface area (TPSA) is 95.8 Å². The van der Waals surface area contributed by atoms with Crippen LogP contribution in [0.15, 0.2) is 10.6 Å². The number of nitrogens with zero attached hydrogens (tertiary/aromatic N) is 2. The molecule has 0 radical (unpaired) electrons. The second-order valence-electron chi connectivity index (χ2n) is 4.67. The van der Waals surface area contributed by atoms with Crippen LogP contribution in [0.5, 0.6) is 0 Å². The average molecular weight is 277 g/mol. The third-order valence-electron chi connectivity index (χ3n) is 3.09. The van der Waals surface area contributed by atoms with Crippen LogP contribution in [0.2, 0.25) is 0 Å². The number of anilines is 1. The van der Waals surface area contributed by atoms with Crippen molar-refractivity contribution < 1.29 is 9.21 Å². The van der Waals surface area contributed by atoms with Gasteiger partial charge in [0.2, 0.25) is 0 Å². The molecule has 2 rings (SSSR count). The van der Waals surface area contributed by atoms with Crippen molar-refractivity contribution in [3.63, 3.8) is 0 Å². The number of urea groups is 1. The first-order valence-corrected chi connectivity index (χ1v) is 6.54. The lowest BCUT2D eigenvalue weighted by atomic mass is 10.1. The van der Waals surface area contributed by atoms with Gasteiger partial charge in [-0.15, -0.1) is 0 Å². The van der Waals surface area contributed by atoms with Gasteiger partial charge in [0.05, 0.1) is 11.9 Å². The predicted molar refractivity (Wildman–Crippen MR) is 74.6 cm³/mol. The minimum atomic E-state index is -0.310. The maximum absolute atomic E-state index is 11.6. The maximum atomic E-state index is 11.6. The van der Waals surface area contributed by atoms with E-state index in [0.717, 1.165) is 24.2 Å². The summed E-state index contributed by atoms with van der Waals surface area (Å²) in [5.74, 6) is 0.704. The number of carbonyl (C=O) groups excluding carboxylic acids is 1. The minimum absolute atomic E-state index is 0.225. The molecule has 0 aliphatic heterocycles. The molecule has 2 heterocycles. The molecule has 0 fully saturated rings. The summed E-state index contributed by atoms with van der Waals surface area (Å²) in [6.07, 6.45) is 3.53. The summed E-state index contributed by atoms with van der Waals surface area (Å²) in [5, 5.41) is 12.2. The van der Waals surface area contributed by atoms with Crippen LogP contribution >= 0.6 is 0 Å². The molecule has 0 saturated heterocycles. The second-order valence-corrected chi connectivity index (χ2v) is 4.67. The Bertz CT molecular complexity index is 568. The molecule has 0 spiro atoms. The smallest absolute Gasteiger partial charge is 0.322 e. The summed E-state index contributed by atoms with van der Waals surface area (Å²) in [7, 11) is 0. The van der Waals surface area contributed by atoms with E-state index in [1.165, 1.54) is 5.56 Å². The van der Waals surface area contributed by atoms with Gasteiger partial charge >= 0.3 is 12.0 Å². The van der Waals surface area contributed by atoms with Gasteiger partial charge in [0.25, 0.3) is 0 Å². The Kier molecular flexibility index (Phi) is 4.39. The average Bonchev–Trinajstić information content (AvgIpc) is 2.92. The number of rotatable bonds is 5. The lowest BCUT2D eigenvalue weighted by Crippen LogP contribution is -2.29. The Hall–Kier alpha value is -2.31. The van der Waals surface area contributed by atoms with Crippen molar-refractivity contribution in [2.75, 3.05) is 11.9 Å². The van der Waals surface area contributed by atoms with Crippen LogP contribution in [0.1, 0.15) is 29.1 Å². The van der Waals surface area contributed by atoms with Crippen LogP contribution in [-0.2, 0) is 6.42 Å². The molecule has 3 N–H and O–H groups in total. The van der Waals surface area contributed by atoms with Crippen molar-refractivity contribution in [2.24, 2.45) is 0 Å². The van der Waals surface area contributed by atoms with Crippen LogP contribution in [0.4, 0.5) is 10.8 Å². The zero-order chi connectivity index (χ0) is 14.5. The molecule has 0 atom stereocenters. The molecule has 0 aliphatic carbocycles. The van der Waals surface area contributed by atoms with Gasteiger partial charge in [-0.3, -0.25) is 10.4 Å². The Balaban J connectivity index is 1.69. The molecular formula is C13H19N5O2. The SMILES string of the molecule is Cc1nc(NC(=O)NCCCc2cn[nH]c2C)oc1C. The van der Waals surface area contributed by atoms with Gasteiger partial charge in [-0.1, -0.05) is 0 Å². The van der Waals surface area contributed by atoms with E-state index >= 15 is 0 Å². The molecule has 0 saturated carbocycles. The third kappa shape index (κ3) is 3.59. The van der Waals surface area contributed by atoms with Crippen LogP contribution < -0.4 is 10.6 Å². The van der Waals surface area contributed by atoms with Gasteiger partial charge in [-0.25, -0.2) is 4.79 Å². The number of hydrogen-bond acceptors (Lipinski definition) is 4. The fourth-order valence-electron chi connectivity index (χ4n) is 1.78. The van der Waals surface area contributed by atoms with Gasteiger partial charge in [-0.2, -0.15) is 10.1 Å². The minimum Gasteiger partial charge on any atom is -0.428 e. The van der Waals surface area contributed by atoms with E-state index in [-0.39, 0.29) is 12.0 Å². The van der Waals surface area contributed by atoms with Crippen LogP contribution in [0, 0.1) is 20.8 Å². The summed E-state index contributed by atoms with van der Waals surface area (Å²) in [6, 6.07) is -0.0849. The fraction of sp³-hybridized carbons (Fsp3) is 0.462. The van der Waals surface area contributed by atoms with E-state index in [1.54, 1.807) is 6.92 Å². The molecule has 2 aromatic heterocycles. The lowest BCUT2D eigenvalue weighted by molar-refractivity contribution is 0.251. The summed E-state index contributed by atoms with van der Waals surface area (Å²) < 4.78 is 5.27. The van der Waals surface area contributed by atoms with Crippen molar-refractivity contribution in [2.45, 2.75) is 33.6 Å². The molecule has 0 bridgehead atoms. The van der Waals surface area contributed by atoms with Gasteiger partial charge in [-0.05, 0) is 39.2 Å². The van der Waals surface area contributed by atoms with Crippen molar-refractivity contribution >= 4 is 12.0 Å². The number of amides is 2. The van der Waals surface area contributed by atoms with Gasteiger partial charge in [0.1, 0.15) is 5.76 Å². The first-order valence-electron chi connectivity index (χ1n) is 6.54. The Morgan fingerprint density at radius 1 is 1.40 bits per heavy atom. The largest absolute Gasteiger partial charge is 0.428 e. The first kappa shape index (κ1) is 14.1. The number of aromatic nitrogens is 3. The molecule has 0 aliphatic rings. The Labute approximate surface area is 117 Å². The van der Waals surface area contributed by atoms with E-state index in [1.807, 2.05) is 20.0 Å². The zero-order valence-corrected chi connectivity index (χ0v) is 11.9. The molecule has 2 amide bonds. The Morgan fingerprint density at radius 3 is 2.80 bits per heavy atom. The van der Waals surface area contributed by atoms with Crippen LogP contribution in [0.3, 0.4) is 0 Å². The monoisotopic (exact) mass is 277 g/mol. The molecule has 7 nitrogen and oxygen atoms in total. The number of hydrogen-bond donors (Lipinski definition) is 3. The van der Waals surface area contributed by atoms with E-state index < -0.39 is 0 Å². The fourth-order valence-corrected chi connectivity index (χ4v) is 1.78. The molecule has 7 heteroatoms. The highest BCUT2D eigenvalue weighted by Gasteiger charge is 2.08. The van der Waals surface area contributed by atoms with Gasteiger partial charge in [0, 0.05) is 12.2 Å². The zero-order valence-electron chi connectivity index (χ0n) is 11.9. The molecule has 2 aromatic rings. The molecule has 0 aromatic carbocycles. The number of H-pyrrole nitrogens is 1. The van der Waals surface area contributed by atoms with Crippen molar-refractivity contribution in [3.8, 4) is 0 Å². The highest BCUT2D eigenvalue weighted by Crippen LogP contribution is 2.12. The van der Waals surface area contributed by atoms with E-state index in [9.17, 15) is 4.79 Å². The predicted octanol–water partition coefficient (Wildman–Crippen LogP) is 2.08.